The summed E-state index contributed by atoms with van der Waals surface area (Å²) in [5.41, 5.74) is 3.78. The van der Waals surface area contributed by atoms with Gasteiger partial charge in [-0.15, -0.1) is 18.3 Å². The molecule has 0 aliphatic heterocycles. The Hall–Kier alpha value is -4.03. The number of carbonyl (C=O) groups is 1. The predicted molar refractivity (Wildman–Crippen MR) is 158 cm³/mol. The van der Waals surface area contributed by atoms with E-state index in [4.69, 9.17) is 0 Å². The summed E-state index contributed by atoms with van der Waals surface area (Å²) in [4.78, 5) is 17.6. The maximum atomic E-state index is 12.4. The first-order valence-corrected chi connectivity index (χ1v) is 14.4. The summed E-state index contributed by atoms with van der Waals surface area (Å²) < 4.78 is 45.8. The summed E-state index contributed by atoms with van der Waals surface area (Å²) in [6.45, 7) is 6.06. The summed E-state index contributed by atoms with van der Waals surface area (Å²) in [7, 11) is 0. The second-order valence-corrected chi connectivity index (χ2v) is 10.7. The third-order valence-electron chi connectivity index (χ3n) is 6.20. The molecular formula is C30H33F3N6O2S. The Bertz CT molecular complexity index is 1430. The van der Waals surface area contributed by atoms with Gasteiger partial charge < -0.3 is 15.4 Å². The fourth-order valence-electron chi connectivity index (χ4n) is 4.10. The molecule has 0 fully saturated rings. The van der Waals surface area contributed by atoms with Crippen molar-refractivity contribution in [1.29, 1.82) is 0 Å². The van der Waals surface area contributed by atoms with Crippen LogP contribution in [0.2, 0.25) is 0 Å². The Balaban J connectivity index is 1.13. The van der Waals surface area contributed by atoms with Crippen LogP contribution in [-0.2, 0) is 6.42 Å². The largest absolute Gasteiger partial charge is 0.573 e. The molecule has 0 bridgehead atoms. The molecule has 3 N–H and O–H groups in total. The van der Waals surface area contributed by atoms with Gasteiger partial charge in [-0.1, -0.05) is 56.3 Å². The monoisotopic (exact) mass is 598 g/mol. The topological polar surface area (TPSA) is 93.1 Å². The first-order chi connectivity index (χ1) is 20.2. The van der Waals surface area contributed by atoms with Gasteiger partial charge in [-0.25, -0.2) is 14.5 Å². The molecule has 0 saturated carbocycles. The van der Waals surface area contributed by atoms with Gasteiger partial charge in [0.2, 0.25) is 0 Å². The molecule has 222 valence electrons. The van der Waals surface area contributed by atoms with Crippen molar-refractivity contribution in [3.05, 3.63) is 90.3 Å². The van der Waals surface area contributed by atoms with E-state index in [0.717, 1.165) is 24.0 Å². The molecule has 2 amide bonds. The summed E-state index contributed by atoms with van der Waals surface area (Å²) in [5, 5.41) is 10.2. The van der Waals surface area contributed by atoms with Gasteiger partial charge >= 0.3 is 12.4 Å². The van der Waals surface area contributed by atoms with E-state index in [1.807, 2.05) is 36.4 Å². The fourth-order valence-corrected chi connectivity index (χ4v) is 5.03. The van der Waals surface area contributed by atoms with Gasteiger partial charge in [0, 0.05) is 30.1 Å². The normalized spacial score (nSPS) is 11.5. The molecule has 42 heavy (non-hydrogen) atoms. The van der Waals surface area contributed by atoms with Gasteiger partial charge in [-0.05, 0) is 72.2 Å². The van der Waals surface area contributed by atoms with Crippen molar-refractivity contribution in [1.82, 2.24) is 30.1 Å². The van der Waals surface area contributed by atoms with Crippen molar-refractivity contribution in [3.63, 3.8) is 0 Å². The second kappa shape index (κ2) is 14.7. The SMILES string of the molecule is CC(C)c1ccccc1SNCCNC(=O)NCCCc1ccc(-c2ncn(-c3ccc(OC(F)(F)F)cc3)n2)cc1. The number of ether oxygens (including phenoxy) is 1. The molecular weight excluding hydrogens is 565 g/mol. The predicted octanol–water partition coefficient (Wildman–Crippen LogP) is 6.49. The highest BCUT2D eigenvalue weighted by Crippen LogP contribution is 2.26. The summed E-state index contributed by atoms with van der Waals surface area (Å²) in [6, 6.07) is 21.3. The third-order valence-corrected chi connectivity index (χ3v) is 7.14. The molecule has 0 radical (unpaired) electrons. The highest BCUT2D eigenvalue weighted by Gasteiger charge is 2.31. The molecule has 4 rings (SSSR count). The molecule has 0 aliphatic carbocycles. The lowest BCUT2D eigenvalue weighted by Crippen LogP contribution is -2.38. The zero-order valence-electron chi connectivity index (χ0n) is 23.3. The van der Waals surface area contributed by atoms with Crippen molar-refractivity contribution in [3.8, 4) is 22.8 Å². The number of nitrogens with one attached hydrogen (secondary N) is 3. The molecule has 4 aromatic rings. The molecule has 0 aliphatic rings. The number of rotatable bonds is 13. The molecule has 0 spiro atoms. The lowest BCUT2D eigenvalue weighted by molar-refractivity contribution is -0.274. The first kappa shape index (κ1) is 30.9. The Morgan fingerprint density at radius 1 is 0.952 bits per heavy atom. The third kappa shape index (κ3) is 9.52. The number of hydrogen-bond donors (Lipinski definition) is 3. The van der Waals surface area contributed by atoms with Crippen LogP contribution < -0.4 is 20.1 Å². The molecule has 0 saturated heterocycles. The number of amides is 2. The first-order valence-electron chi connectivity index (χ1n) is 13.6. The molecule has 3 aromatic carbocycles. The van der Waals surface area contributed by atoms with Crippen LogP contribution in [0.5, 0.6) is 5.75 Å². The van der Waals surface area contributed by atoms with Crippen LogP contribution in [0.25, 0.3) is 17.1 Å². The number of benzene rings is 3. The average molecular weight is 599 g/mol. The van der Waals surface area contributed by atoms with Gasteiger partial charge in [0.05, 0.1) is 5.69 Å². The van der Waals surface area contributed by atoms with Gasteiger partial charge in [0.1, 0.15) is 12.1 Å². The summed E-state index contributed by atoms with van der Waals surface area (Å²) in [6.07, 6.45) is -1.66. The number of alkyl halides is 3. The number of urea groups is 1. The standard InChI is InChI=1S/C30H33F3N6O2S/c1-21(2)26-7-3-4-8-27(26)42-37-19-18-35-29(40)34-17-5-6-22-9-11-23(12-10-22)28-36-20-39(38-28)24-13-15-25(16-14-24)41-30(31,32)33/h3-4,7-16,20-21,37H,5-6,17-19H2,1-2H3,(H2,34,35,40). The molecule has 0 unspecified atom stereocenters. The van der Waals surface area contributed by atoms with Crippen LogP contribution in [-0.4, -0.2) is 46.8 Å². The number of carbonyl (C=O) groups excluding carboxylic acids is 1. The van der Waals surface area contributed by atoms with Crippen LogP contribution in [0.3, 0.4) is 0 Å². The Morgan fingerprint density at radius 2 is 1.67 bits per heavy atom. The van der Waals surface area contributed by atoms with E-state index in [1.165, 1.54) is 45.7 Å². The van der Waals surface area contributed by atoms with Crippen molar-refractivity contribution in [2.24, 2.45) is 0 Å². The smallest absolute Gasteiger partial charge is 0.406 e. The lowest BCUT2D eigenvalue weighted by atomic mass is 10.0. The number of aromatic nitrogens is 3. The molecule has 0 atom stereocenters. The highest BCUT2D eigenvalue weighted by atomic mass is 32.2. The van der Waals surface area contributed by atoms with Crippen LogP contribution in [0.4, 0.5) is 18.0 Å². The van der Waals surface area contributed by atoms with Crippen molar-refractivity contribution in [2.45, 2.75) is 43.9 Å². The number of nitrogens with zero attached hydrogens (tertiary/aromatic N) is 3. The molecule has 1 heterocycles. The van der Waals surface area contributed by atoms with Crippen LogP contribution in [0.15, 0.2) is 84.0 Å². The second-order valence-electron chi connectivity index (χ2n) is 9.73. The molecule has 1 aromatic heterocycles. The highest BCUT2D eigenvalue weighted by molar-refractivity contribution is 7.97. The van der Waals surface area contributed by atoms with Crippen molar-refractivity contribution < 1.29 is 22.7 Å². The zero-order chi connectivity index (χ0) is 30.0. The lowest BCUT2D eigenvalue weighted by Gasteiger charge is -2.12. The van der Waals surface area contributed by atoms with E-state index < -0.39 is 6.36 Å². The Kier molecular flexibility index (Phi) is 10.8. The van der Waals surface area contributed by atoms with Gasteiger partial charge in [0.25, 0.3) is 0 Å². The number of aryl methyl sites for hydroxylation is 1. The van der Waals surface area contributed by atoms with Gasteiger partial charge in [-0.2, -0.15) is 0 Å². The minimum absolute atomic E-state index is 0.191. The fraction of sp³-hybridized carbons (Fsp3) is 0.300. The van der Waals surface area contributed by atoms with E-state index in [1.54, 1.807) is 11.9 Å². The average Bonchev–Trinajstić information content (AvgIpc) is 3.46. The van der Waals surface area contributed by atoms with Crippen LogP contribution in [0.1, 0.15) is 37.3 Å². The van der Waals surface area contributed by atoms with Crippen molar-refractivity contribution >= 4 is 18.0 Å². The van der Waals surface area contributed by atoms with Gasteiger partial charge in [0.15, 0.2) is 5.82 Å². The van der Waals surface area contributed by atoms with E-state index >= 15 is 0 Å². The number of hydrogen-bond acceptors (Lipinski definition) is 6. The quantitative estimate of drug-likeness (QED) is 0.120. The minimum Gasteiger partial charge on any atom is -0.406 e. The van der Waals surface area contributed by atoms with Crippen molar-refractivity contribution in [2.75, 3.05) is 19.6 Å². The molecule has 12 heteroatoms. The number of halogens is 3. The van der Waals surface area contributed by atoms with E-state index in [-0.39, 0.29) is 11.8 Å². The van der Waals surface area contributed by atoms with E-state index in [9.17, 15) is 18.0 Å². The van der Waals surface area contributed by atoms with Crippen LogP contribution >= 0.6 is 11.9 Å². The van der Waals surface area contributed by atoms with E-state index in [2.05, 4.69) is 56.2 Å². The summed E-state index contributed by atoms with van der Waals surface area (Å²) >= 11 is 1.58. The Morgan fingerprint density at radius 3 is 2.38 bits per heavy atom. The minimum atomic E-state index is -4.74. The maximum absolute atomic E-state index is 12.4. The zero-order valence-corrected chi connectivity index (χ0v) is 24.1. The van der Waals surface area contributed by atoms with Crippen LogP contribution in [0, 0.1) is 0 Å². The summed E-state index contributed by atoms with van der Waals surface area (Å²) in [5.74, 6) is 0.642. The van der Waals surface area contributed by atoms with Gasteiger partial charge in [-0.3, -0.25) is 4.72 Å². The maximum Gasteiger partial charge on any atom is 0.573 e. The van der Waals surface area contributed by atoms with E-state index in [0.29, 0.717) is 37.1 Å². The molecule has 8 nitrogen and oxygen atoms in total. The Labute approximate surface area is 247 Å².